The Kier molecular flexibility index (Phi) is 3.44. The van der Waals surface area contributed by atoms with Crippen molar-refractivity contribution in [2.24, 2.45) is 0 Å². The minimum atomic E-state index is -1.27. The summed E-state index contributed by atoms with van der Waals surface area (Å²) < 4.78 is 10.0. The third-order valence-corrected chi connectivity index (χ3v) is 3.39. The molecule has 0 bridgehead atoms. The maximum atomic E-state index is 11.9. The molecule has 1 fully saturated rings. The number of benzene rings is 2. The highest BCUT2D eigenvalue weighted by Gasteiger charge is 2.38. The molecule has 23 heavy (non-hydrogen) atoms. The van der Waals surface area contributed by atoms with Crippen molar-refractivity contribution in [2.75, 3.05) is 5.32 Å². The molecular weight excluding hydrogens is 298 g/mol. The second-order valence-electron chi connectivity index (χ2n) is 5.56. The largest absolute Gasteiger partial charge is 0.507 e. The van der Waals surface area contributed by atoms with E-state index in [9.17, 15) is 14.7 Å². The van der Waals surface area contributed by atoms with Crippen molar-refractivity contribution in [3.05, 3.63) is 48.2 Å². The van der Waals surface area contributed by atoms with Gasteiger partial charge in [0.2, 0.25) is 0 Å². The lowest BCUT2D eigenvalue weighted by molar-refractivity contribution is -0.222. The summed E-state index contributed by atoms with van der Waals surface area (Å²) in [6.45, 7) is 2.97. The predicted octanol–water partition coefficient (Wildman–Crippen LogP) is 2.68. The number of phenolic OH excluding ortho intramolecular Hbond substituents is 1. The van der Waals surface area contributed by atoms with Gasteiger partial charge in [0, 0.05) is 36.5 Å². The average Bonchev–Trinajstić information content (AvgIpc) is 2.47. The van der Waals surface area contributed by atoms with Crippen LogP contribution in [0.15, 0.2) is 48.2 Å². The number of hydrogen-bond acceptors (Lipinski definition) is 6. The van der Waals surface area contributed by atoms with Crippen molar-refractivity contribution in [3.63, 3.8) is 0 Å². The zero-order valence-corrected chi connectivity index (χ0v) is 12.6. The van der Waals surface area contributed by atoms with Gasteiger partial charge < -0.3 is 19.9 Å². The van der Waals surface area contributed by atoms with Gasteiger partial charge in [-0.3, -0.25) is 0 Å². The Balaban J connectivity index is 1.93. The number of rotatable bonds is 2. The Bertz CT molecular complexity index is 816. The fraction of sp³-hybridized carbons (Fsp3) is 0.176. The van der Waals surface area contributed by atoms with Crippen LogP contribution >= 0.6 is 0 Å². The number of anilines is 1. The second kappa shape index (κ2) is 5.31. The summed E-state index contributed by atoms with van der Waals surface area (Å²) >= 11 is 0. The van der Waals surface area contributed by atoms with E-state index in [2.05, 4.69) is 5.32 Å². The number of aromatic hydroxyl groups is 1. The van der Waals surface area contributed by atoms with E-state index in [-0.39, 0.29) is 11.3 Å². The molecule has 6 nitrogen and oxygen atoms in total. The molecule has 0 atom stereocenters. The van der Waals surface area contributed by atoms with Crippen molar-refractivity contribution in [2.45, 2.75) is 19.6 Å². The molecule has 3 rings (SSSR count). The third kappa shape index (κ3) is 2.83. The van der Waals surface area contributed by atoms with Gasteiger partial charge in [0.1, 0.15) is 5.75 Å². The van der Waals surface area contributed by atoms with Crippen molar-refractivity contribution in [1.29, 1.82) is 0 Å². The Morgan fingerprint density at radius 1 is 1.00 bits per heavy atom. The molecule has 6 heteroatoms. The highest BCUT2D eigenvalue weighted by atomic mass is 16.7. The van der Waals surface area contributed by atoms with Gasteiger partial charge >= 0.3 is 11.9 Å². The molecule has 1 aliphatic heterocycles. The molecule has 2 N–H and O–H groups in total. The number of cyclic esters (lactones) is 2. The summed E-state index contributed by atoms with van der Waals surface area (Å²) in [5, 5.41) is 14.2. The van der Waals surface area contributed by atoms with E-state index in [1.54, 1.807) is 12.1 Å². The van der Waals surface area contributed by atoms with Crippen molar-refractivity contribution < 1.29 is 24.2 Å². The highest BCUT2D eigenvalue weighted by Crippen LogP contribution is 2.31. The van der Waals surface area contributed by atoms with Gasteiger partial charge in [0.15, 0.2) is 5.57 Å². The lowest BCUT2D eigenvalue weighted by Crippen LogP contribution is -2.42. The minimum Gasteiger partial charge on any atom is -0.507 e. The van der Waals surface area contributed by atoms with Gasteiger partial charge in [-0.25, -0.2) is 9.59 Å². The number of hydrogen-bond donors (Lipinski definition) is 2. The zero-order chi connectivity index (χ0) is 16.6. The summed E-state index contributed by atoms with van der Waals surface area (Å²) in [7, 11) is 0. The van der Waals surface area contributed by atoms with Gasteiger partial charge in [0.05, 0.1) is 0 Å². The standard InChI is InChI=1S/C17H15NO5/c1-17(2)22-15(20)12(16(21)23-17)9-18-13-7-8-14(19)11-6-4-3-5-10(11)13/h3-9,18-19H,1-2H3. The Labute approximate surface area is 132 Å². The van der Waals surface area contributed by atoms with E-state index >= 15 is 0 Å². The molecule has 1 heterocycles. The van der Waals surface area contributed by atoms with Gasteiger partial charge in [-0.2, -0.15) is 0 Å². The van der Waals surface area contributed by atoms with Crippen LogP contribution in [0.1, 0.15) is 13.8 Å². The van der Waals surface area contributed by atoms with Gasteiger partial charge in [-0.15, -0.1) is 0 Å². The molecule has 0 radical (unpaired) electrons. The van der Waals surface area contributed by atoms with Crippen LogP contribution in [0.3, 0.4) is 0 Å². The van der Waals surface area contributed by atoms with Crippen molar-refractivity contribution >= 4 is 28.4 Å². The first-order chi connectivity index (χ1) is 10.9. The lowest BCUT2D eigenvalue weighted by Gasteiger charge is -2.29. The molecular formula is C17H15NO5. The molecule has 118 valence electrons. The van der Waals surface area contributed by atoms with Crippen LogP contribution in [0.2, 0.25) is 0 Å². The van der Waals surface area contributed by atoms with Crippen LogP contribution in [0.5, 0.6) is 5.75 Å². The first kappa shape index (κ1) is 14.9. The summed E-state index contributed by atoms with van der Waals surface area (Å²) in [6.07, 6.45) is 1.25. The van der Waals surface area contributed by atoms with Crippen LogP contribution < -0.4 is 5.32 Å². The molecule has 0 unspecified atom stereocenters. The van der Waals surface area contributed by atoms with Gasteiger partial charge in [0.25, 0.3) is 5.79 Å². The van der Waals surface area contributed by atoms with Crippen molar-refractivity contribution in [3.8, 4) is 5.75 Å². The number of ether oxygens (including phenoxy) is 2. The smallest absolute Gasteiger partial charge is 0.350 e. The number of esters is 2. The number of fused-ring (bicyclic) bond motifs is 1. The number of phenols is 1. The van der Waals surface area contributed by atoms with Gasteiger partial charge in [-0.1, -0.05) is 24.3 Å². The van der Waals surface area contributed by atoms with E-state index in [1.807, 2.05) is 18.2 Å². The molecule has 0 spiro atoms. The molecule has 0 amide bonds. The maximum Gasteiger partial charge on any atom is 0.350 e. The zero-order valence-electron chi connectivity index (χ0n) is 12.6. The number of carbonyl (C=O) groups excluding carboxylic acids is 2. The van der Waals surface area contributed by atoms with Crippen LogP contribution in [-0.2, 0) is 19.1 Å². The molecule has 1 aliphatic rings. The molecule has 0 saturated carbocycles. The third-order valence-electron chi connectivity index (χ3n) is 3.39. The van der Waals surface area contributed by atoms with E-state index < -0.39 is 17.7 Å². The number of carbonyl (C=O) groups is 2. The quantitative estimate of drug-likeness (QED) is 0.384. The Morgan fingerprint density at radius 3 is 2.26 bits per heavy atom. The fourth-order valence-electron chi connectivity index (χ4n) is 2.34. The van der Waals surface area contributed by atoms with Gasteiger partial charge in [-0.05, 0) is 12.1 Å². The Morgan fingerprint density at radius 2 is 1.61 bits per heavy atom. The molecule has 2 aromatic rings. The lowest BCUT2D eigenvalue weighted by atomic mass is 10.1. The Hall–Kier alpha value is -3.02. The summed E-state index contributed by atoms with van der Waals surface area (Å²) in [5.41, 5.74) is 0.415. The predicted molar refractivity (Wildman–Crippen MR) is 83.6 cm³/mol. The minimum absolute atomic E-state index is 0.150. The normalized spacial score (nSPS) is 16.7. The molecule has 1 saturated heterocycles. The monoisotopic (exact) mass is 313 g/mol. The van der Waals surface area contributed by atoms with E-state index in [0.29, 0.717) is 11.1 Å². The first-order valence-electron chi connectivity index (χ1n) is 7.01. The van der Waals surface area contributed by atoms with Crippen LogP contribution in [0, 0.1) is 0 Å². The van der Waals surface area contributed by atoms with Crippen LogP contribution in [0.25, 0.3) is 10.8 Å². The second-order valence-corrected chi connectivity index (χ2v) is 5.56. The van der Waals surface area contributed by atoms with Crippen LogP contribution in [0.4, 0.5) is 5.69 Å². The van der Waals surface area contributed by atoms with Crippen LogP contribution in [-0.4, -0.2) is 22.8 Å². The fourth-order valence-corrected chi connectivity index (χ4v) is 2.34. The van der Waals surface area contributed by atoms with E-state index in [1.165, 1.54) is 26.1 Å². The topological polar surface area (TPSA) is 84.9 Å². The number of nitrogens with one attached hydrogen (secondary N) is 1. The highest BCUT2D eigenvalue weighted by molar-refractivity contribution is 6.15. The summed E-state index contributed by atoms with van der Waals surface area (Å²) in [4.78, 5) is 23.8. The summed E-state index contributed by atoms with van der Waals surface area (Å²) in [5.74, 6) is -2.61. The van der Waals surface area contributed by atoms with E-state index in [4.69, 9.17) is 9.47 Å². The van der Waals surface area contributed by atoms with Crippen molar-refractivity contribution in [1.82, 2.24) is 0 Å². The average molecular weight is 313 g/mol. The SMILES string of the molecule is CC1(C)OC(=O)C(=CNc2ccc(O)c3ccccc23)C(=O)O1. The molecule has 2 aromatic carbocycles. The first-order valence-corrected chi connectivity index (χ1v) is 7.01. The summed E-state index contributed by atoms with van der Waals surface area (Å²) in [6, 6.07) is 10.4. The molecule has 0 aromatic heterocycles. The molecule has 0 aliphatic carbocycles. The van der Waals surface area contributed by atoms with E-state index in [0.717, 1.165) is 5.39 Å². The maximum absolute atomic E-state index is 11.9.